The summed E-state index contributed by atoms with van der Waals surface area (Å²) in [6.07, 6.45) is 5.32. The van der Waals surface area contributed by atoms with Crippen LogP contribution in [0.3, 0.4) is 0 Å². The third-order valence-electron chi connectivity index (χ3n) is 5.27. The van der Waals surface area contributed by atoms with Crippen LogP contribution in [0.1, 0.15) is 24.0 Å². The molecule has 2 aromatic carbocycles. The smallest absolute Gasteiger partial charge is 0.154 e. The summed E-state index contributed by atoms with van der Waals surface area (Å²) in [4.78, 5) is 3.15. The van der Waals surface area contributed by atoms with Gasteiger partial charge in [0.15, 0.2) is 9.84 Å². The molecule has 0 fully saturated rings. The molecule has 1 unspecified atom stereocenters. The van der Waals surface area contributed by atoms with E-state index in [2.05, 4.69) is 16.4 Å². The lowest BCUT2D eigenvalue weighted by atomic mass is 9.94. The van der Waals surface area contributed by atoms with Gasteiger partial charge in [0.05, 0.1) is 11.5 Å². The highest BCUT2D eigenvalue weighted by atomic mass is 35.5. The average molecular weight is 415 g/mol. The van der Waals surface area contributed by atoms with Crippen molar-refractivity contribution in [2.75, 3.05) is 12.3 Å². The minimum absolute atomic E-state index is 0.0664. The fourth-order valence-electron chi connectivity index (χ4n) is 3.80. The van der Waals surface area contributed by atoms with Gasteiger partial charge in [0.1, 0.15) is 0 Å². The number of aromatic amines is 1. The molecule has 0 spiro atoms. The van der Waals surface area contributed by atoms with Crippen molar-refractivity contribution in [3.05, 3.63) is 77.0 Å². The number of benzene rings is 2. The van der Waals surface area contributed by atoms with E-state index in [1.807, 2.05) is 48.5 Å². The largest absolute Gasteiger partial charge is 0.361 e. The van der Waals surface area contributed by atoms with Crippen LogP contribution in [0.25, 0.3) is 16.5 Å². The summed E-state index contributed by atoms with van der Waals surface area (Å²) in [5.74, 6) is 0.233. The molecule has 4 rings (SSSR count). The molecule has 0 aliphatic carbocycles. The third-order valence-corrected chi connectivity index (χ3v) is 7.21. The molecule has 0 saturated heterocycles. The second-order valence-corrected chi connectivity index (χ2v) is 9.85. The van der Waals surface area contributed by atoms with E-state index < -0.39 is 9.84 Å². The standard InChI is InChI=1S/C22H23ClN2O2S/c23-21-7-3-1-5-19(21)16-9-11-24-18(13-16)10-12-28(26,27)15-17-14-25-22-8-4-2-6-20(17)22/h1-9,14,18,24-25H,10-13,15H2. The number of hydrogen-bond acceptors (Lipinski definition) is 3. The Balaban J connectivity index is 1.40. The van der Waals surface area contributed by atoms with Crippen LogP contribution in [0, 0.1) is 0 Å². The molecule has 28 heavy (non-hydrogen) atoms. The SMILES string of the molecule is O=S(=O)(CCC1CC(c2ccccc2Cl)=CCN1)Cc1c[nH]c2ccccc12. The first-order valence-corrected chi connectivity index (χ1v) is 11.6. The van der Waals surface area contributed by atoms with E-state index in [9.17, 15) is 8.42 Å². The third kappa shape index (κ3) is 4.32. The molecule has 0 radical (unpaired) electrons. The maximum absolute atomic E-state index is 12.7. The van der Waals surface area contributed by atoms with Gasteiger partial charge in [-0.15, -0.1) is 0 Å². The highest BCUT2D eigenvalue weighted by Gasteiger charge is 2.21. The molecule has 4 nitrogen and oxygen atoms in total. The topological polar surface area (TPSA) is 62.0 Å². The molecule has 3 aromatic rings. The van der Waals surface area contributed by atoms with Gasteiger partial charge in [0.2, 0.25) is 0 Å². The predicted octanol–water partition coefficient (Wildman–Crippen LogP) is 4.57. The Morgan fingerprint density at radius 2 is 1.86 bits per heavy atom. The Morgan fingerprint density at radius 3 is 2.71 bits per heavy atom. The zero-order valence-electron chi connectivity index (χ0n) is 15.5. The molecule has 2 heterocycles. The van der Waals surface area contributed by atoms with E-state index in [0.717, 1.165) is 40.0 Å². The Kier molecular flexibility index (Phi) is 5.58. The quantitative estimate of drug-likeness (QED) is 0.621. The lowest BCUT2D eigenvalue weighted by Gasteiger charge is -2.25. The Bertz CT molecular complexity index is 1120. The molecular weight excluding hydrogens is 392 g/mol. The van der Waals surface area contributed by atoms with Gasteiger partial charge < -0.3 is 10.3 Å². The highest BCUT2D eigenvalue weighted by molar-refractivity contribution is 7.90. The van der Waals surface area contributed by atoms with E-state index in [1.54, 1.807) is 6.20 Å². The fraction of sp³-hybridized carbons (Fsp3) is 0.273. The molecule has 0 bridgehead atoms. The van der Waals surface area contributed by atoms with E-state index in [4.69, 9.17) is 11.6 Å². The summed E-state index contributed by atoms with van der Waals surface area (Å²) in [6.45, 7) is 0.730. The number of aromatic nitrogens is 1. The lowest BCUT2D eigenvalue weighted by molar-refractivity contribution is 0.515. The predicted molar refractivity (Wildman–Crippen MR) is 116 cm³/mol. The molecule has 1 aromatic heterocycles. The molecule has 146 valence electrons. The Labute approximate surface area is 170 Å². The molecule has 0 amide bonds. The van der Waals surface area contributed by atoms with Gasteiger partial charge in [-0.3, -0.25) is 0 Å². The van der Waals surface area contributed by atoms with E-state index in [-0.39, 0.29) is 17.5 Å². The van der Waals surface area contributed by atoms with Gasteiger partial charge >= 0.3 is 0 Å². The van der Waals surface area contributed by atoms with Crippen molar-refractivity contribution in [3.63, 3.8) is 0 Å². The zero-order chi connectivity index (χ0) is 19.6. The van der Waals surface area contributed by atoms with Crippen molar-refractivity contribution < 1.29 is 8.42 Å². The molecule has 6 heteroatoms. The summed E-state index contributed by atoms with van der Waals surface area (Å²) in [7, 11) is -3.19. The van der Waals surface area contributed by atoms with Crippen molar-refractivity contribution in [1.82, 2.24) is 10.3 Å². The number of sulfone groups is 1. The zero-order valence-corrected chi connectivity index (χ0v) is 17.1. The first-order chi connectivity index (χ1) is 13.5. The van der Waals surface area contributed by atoms with Crippen LogP contribution in [0.4, 0.5) is 0 Å². The second-order valence-electron chi connectivity index (χ2n) is 7.26. The molecule has 1 aliphatic heterocycles. The van der Waals surface area contributed by atoms with Crippen molar-refractivity contribution in [2.24, 2.45) is 0 Å². The summed E-state index contributed by atoms with van der Waals surface area (Å²) in [5, 5.41) is 5.12. The normalized spacial score (nSPS) is 17.6. The summed E-state index contributed by atoms with van der Waals surface area (Å²) < 4.78 is 25.4. The Morgan fingerprint density at radius 1 is 1.07 bits per heavy atom. The first kappa shape index (κ1) is 19.2. The maximum Gasteiger partial charge on any atom is 0.154 e. The van der Waals surface area contributed by atoms with Crippen LogP contribution in [0.5, 0.6) is 0 Å². The monoisotopic (exact) mass is 414 g/mol. The van der Waals surface area contributed by atoms with Crippen LogP contribution in [-0.2, 0) is 15.6 Å². The van der Waals surface area contributed by atoms with Gasteiger partial charge in [0, 0.05) is 34.7 Å². The molecule has 2 N–H and O–H groups in total. The molecule has 1 atom stereocenters. The van der Waals surface area contributed by atoms with Crippen molar-refractivity contribution >= 4 is 37.9 Å². The lowest BCUT2D eigenvalue weighted by Crippen LogP contribution is -2.34. The summed E-state index contributed by atoms with van der Waals surface area (Å²) in [5.41, 5.74) is 4.03. The van der Waals surface area contributed by atoms with Gasteiger partial charge in [-0.1, -0.05) is 54.1 Å². The van der Waals surface area contributed by atoms with Crippen molar-refractivity contribution in [3.8, 4) is 0 Å². The van der Waals surface area contributed by atoms with Crippen LogP contribution >= 0.6 is 11.6 Å². The van der Waals surface area contributed by atoms with Gasteiger partial charge in [-0.05, 0) is 41.7 Å². The van der Waals surface area contributed by atoms with E-state index in [0.29, 0.717) is 6.42 Å². The van der Waals surface area contributed by atoms with Gasteiger partial charge in [0.25, 0.3) is 0 Å². The number of fused-ring (bicyclic) bond motifs is 1. The fourth-order valence-corrected chi connectivity index (χ4v) is 5.56. The number of hydrogen-bond donors (Lipinski definition) is 2. The molecule has 1 aliphatic rings. The van der Waals surface area contributed by atoms with Crippen molar-refractivity contribution in [1.29, 1.82) is 0 Å². The highest BCUT2D eigenvalue weighted by Crippen LogP contribution is 2.29. The minimum atomic E-state index is -3.19. The number of H-pyrrole nitrogens is 1. The number of para-hydroxylation sites is 1. The molecule has 0 saturated carbocycles. The number of halogens is 1. The number of nitrogens with one attached hydrogen (secondary N) is 2. The summed E-state index contributed by atoms with van der Waals surface area (Å²) in [6, 6.07) is 15.7. The Hall–Kier alpha value is -2.08. The summed E-state index contributed by atoms with van der Waals surface area (Å²) >= 11 is 6.32. The first-order valence-electron chi connectivity index (χ1n) is 9.44. The van der Waals surface area contributed by atoms with Crippen molar-refractivity contribution in [2.45, 2.75) is 24.6 Å². The van der Waals surface area contributed by atoms with E-state index in [1.165, 1.54) is 5.57 Å². The number of rotatable bonds is 6. The average Bonchev–Trinajstić information content (AvgIpc) is 3.09. The van der Waals surface area contributed by atoms with Gasteiger partial charge in [-0.25, -0.2) is 8.42 Å². The van der Waals surface area contributed by atoms with Crippen LogP contribution in [0.15, 0.2) is 60.8 Å². The van der Waals surface area contributed by atoms with Crippen LogP contribution in [-0.4, -0.2) is 31.7 Å². The van der Waals surface area contributed by atoms with Crippen LogP contribution < -0.4 is 5.32 Å². The minimum Gasteiger partial charge on any atom is -0.361 e. The maximum atomic E-state index is 12.7. The second kappa shape index (κ2) is 8.11. The van der Waals surface area contributed by atoms with Crippen LogP contribution in [0.2, 0.25) is 5.02 Å². The van der Waals surface area contributed by atoms with Gasteiger partial charge in [-0.2, -0.15) is 0 Å². The van der Waals surface area contributed by atoms with E-state index >= 15 is 0 Å². The molecular formula is C22H23ClN2O2S.